The number of carbonyl (C=O) groups is 1. The van der Waals surface area contributed by atoms with Crippen molar-refractivity contribution in [1.82, 2.24) is 0 Å². The van der Waals surface area contributed by atoms with Crippen LogP contribution < -0.4 is 10.1 Å². The number of benzene rings is 2. The Morgan fingerprint density at radius 3 is 2.53 bits per heavy atom. The third-order valence-electron chi connectivity index (χ3n) is 2.44. The summed E-state index contributed by atoms with van der Waals surface area (Å²) in [4.78, 5) is 10.9. The highest BCUT2D eigenvalue weighted by Gasteiger charge is 2.03. The van der Waals surface area contributed by atoms with E-state index in [2.05, 4.69) is 5.32 Å². The number of nitrogens with one attached hydrogen (secondary N) is 1. The Hall–Kier alpha value is -2.29. The van der Waals surface area contributed by atoms with Crippen LogP contribution in [0.2, 0.25) is 0 Å². The van der Waals surface area contributed by atoms with Crippen molar-refractivity contribution in [2.75, 3.05) is 12.4 Å². The topological polar surface area (TPSA) is 38.3 Å². The summed E-state index contributed by atoms with van der Waals surface area (Å²) in [6.45, 7) is 0. The lowest BCUT2D eigenvalue weighted by Crippen LogP contribution is -1.96. The number of aldehydes is 1. The van der Waals surface area contributed by atoms with Gasteiger partial charge in [-0.15, -0.1) is 0 Å². The van der Waals surface area contributed by atoms with E-state index in [0.29, 0.717) is 11.3 Å². The maximum absolute atomic E-state index is 10.9. The summed E-state index contributed by atoms with van der Waals surface area (Å²) in [6, 6.07) is 15.0. The van der Waals surface area contributed by atoms with Gasteiger partial charge in [-0.1, -0.05) is 18.2 Å². The molecule has 0 radical (unpaired) electrons. The lowest BCUT2D eigenvalue weighted by Gasteiger charge is -2.10. The van der Waals surface area contributed by atoms with E-state index < -0.39 is 0 Å². The average Bonchev–Trinajstić information content (AvgIpc) is 2.40. The second-order valence-corrected chi connectivity index (χ2v) is 3.56. The van der Waals surface area contributed by atoms with Gasteiger partial charge in [-0.2, -0.15) is 0 Å². The molecule has 86 valence electrons. The van der Waals surface area contributed by atoms with Crippen LogP contribution in [-0.4, -0.2) is 13.4 Å². The normalized spacial score (nSPS) is 9.71. The van der Waals surface area contributed by atoms with Crippen LogP contribution in [0.5, 0.6) is 5.75 Å². The summed E-state index contributed by atoms with van der Waals surface area (Å²) in [6.07, 6.45) is 0.824. The van der Waals surface area contributed by atoms with Crippen molar-refractivity contribution in [3.63, 3.8) is 0 Å². The van der Waals surface area contributed by atoms with Crippen LogP contribution in [0.25, 0.3) is 0 Å². The minimum atomic E-state index is 0.606. The van der Waals surface area contributed by atoms with Gasteiger partial charge in [0, 0.05) is 17.3 Å². The third kappa shape index (κ3) is 2.64. The second-order valence-electron chi connectivity index (χ2n) is 3.56. The number of hydrogen-bond acceptors (Lipinski definition) is 3. The zero-order valence-electron chi connectivity index (χ0n) is 9.51. The Bertz CT molecular complexity index is 509. The number of carbonyl (C=O) groups excluding carboxylic acids is 1. The number of anilines is 2. The molecule has 0 aromatic heterocycles. The molecule has 0 atom stereocenters. The van der Waals surface area contributed by atoms with Crippen molar-refractivity contribution in [1.29, 1.82) is 0 Å². The molecule has 17 heavy (non-hydrogen) atoms. The van der Waals surface area contributed by atoms with Crippen LogP contribution in [0.3, 0.4) is 0 Å². The monoisotopic (exact) mass is 227 g/mol. The molecule has 0 aliphatic rings. The summed E-state index contributed by atoms with van der Waals surface area (Å²) >= 11 is 0. The SMILES string of the molecule is COc1ccc(C=O)c(Nc2ccccc2)c1. The van der Waals surface area contributed by atoms with Gasteiger partial charge in [-0.3, -0.25) is 4.79 Å². The van der Waals surface area contributed by atoms with Crippen molar-refractivity contribution in [3.8, 4) is 5.75 Å². The van der Waals surface area contributed by atoms with Gasteiger partial charge in [0.05, 0.1) is 12.8 Å². The highest BCUT2D eigenvalue weighted by Crippen LogP contribution is 2.24. The lowest BCUT2D eigenvalue weighted by molar-refractivity contribution is 0.112. The third-order valence-corrected chi connectivity index (χ3v) is 2.44. The molecule has 2 rings (SSSR count). The van der Waals surface area contributed by atoms with Crippen LogP contribution in [0, 0.1) is 0 Å². The first kappa shape index (κ1) is 11.2. The fourth-order valence-corrected chi connectivity index (χ4v) is 1.55. The minimum absolute atomic E-state index is 0.606. The largest absolute Gasteiger partial charge is 0.497 e. The predicted molar refractivity (Wildman–Crippen MR) is 68.1 cm³/mol. The molecular formula is C14H13NO2. The molecule has 0 unspecified atom stereocenters. The Labute approximate surface area is 100 Å². The molecular weight excluding hydrogens is 214 g/mol. The lowest BCUT2D eigenvalue weighted by atomic mass is 10.1. The maximum atomic E-state index is 10.9. The highest BCUT2D eigenvalue weighted by molar-refractivity contribution is 5.86. The quantitative estimate of drug-likeness (QED) is 0.815. The van der Waals surface area contributed by atoms with E-state index in [9.17, 15) is 4.79 Å². The van der Waals surface area contributed by atoms with E-state index in [1.807, 2.05) is 30.3 Å². The van der Waals surface area contributed by atoms with Crippen molar-refractivity contribution in [3.05, 3.63) is 54.1 Å². The molecule has 3 nitrogen and oxygen atoms in total. The highest BCUT2D eigenvalue weighted by atomic mass is 16.5. The van der Waals surface area contributed by atoms with Gasteiger partial charge in [0.1, 0.15) is 5.75 Å². The van der Waals surface area contributed by atoms with Crippen LogP contribution >= 0.6 is 0 Å². The minimum Gasteiger partial charge on any atom is -0.497 e. The van der Waals surface area contributed by atoms with E-state index in [4.69, 9.17) is 4.74 Å². The second kappa shape index (κ2) is 5.16. The summed E-state index contributed by atoms with van der Waals surface area (Å²) in [7, 11) is 1.60. The van der Waals surface area contributed by atoms with Crippen molar-refractivity contribution < 1.29 is 9.53 Å². The maximum Gasteiger partial charge on any atom is 0.152 e. The molecule has 0 saturated heterocycles. The molecule has 0 heterocycles. The zero-order valence-corrected chi connectivity index (χ0v) is 9.51. The number of rotatable bonds is 4. The van der Waals surface area contributed by atoms with Crippen molar-refractivity contribution in [2.24, 2.45) is 0 Å². The van der Waals surface area contributed by atoms with Crippen LogP contribution in [0.1, 0.15) is 10.4 Å². The number of hydrogen-bond donors (Lipinski definition) is 1. The van der Waals surface area contributed by atoms with Gasteiger partial charge >= 0.3 is 0 Å². The fourth-order valence-electron chi connectivity index (χ4n) is 1.55. The molecule has 0 bridgehead atoms. The summed E-state index contributed by atoms with van der Waals surface area (Å²) in [5.41, 5.74) is 2.28. The first-order chi connectivity index (χ1) is 8.33. The van der Waals surface area contributed by atoms with Gasteiger partial charge in [0.2, 0.25) is 0 Å². The van der Waals surface area contributed by atoms with Gasteiger partial charge in [0.15, 0.2) is 6.29 Å². The Morgan fingerprint density at radius 2 is 1.88 bits per heavy atom. The van der Waals surface area contributed by atoms with E-state index in [0.717, 1.165) is 17.7 Å². The Morgan fingerprint density at radius 1 is 1.12 bits per heavy atom. The van der Waals surface area contributed by atoms with Crippen LogP contribution in [-0.2, 0) is 0 Å². The summed E-state index contributed by atoms with van der Waals surface area (Å²) in [5.74, 6) is 0.717. The summed E-state index contributed by atoms with van der Waals surface area (Å²) < 4.78 is 5.14. The fraction of sp³-hybridized carbons (Fsp3) is 0.0714. The first-order valence-electron chi connectivity index (χ1n) is 5.29. The Kier molecular flexibility index (Phi) is 3.40. The Balaban J connectivity index is 2.33. The first-order valence-corrected chi connectivity index (χ1v) is 5.29. The van der Waals surface area contributed by atoms with E-state index in [1.54, 1.807) is 25.3 Å². The summed E-state index contributed by atoms with van der Waals surface area (Å²) in [5, 5.41) is 3.19. The van der Waals surface area contributed by atoms with Crippen LogP contribution in [0.15, 0.2) is 48.5 Å². The molecule has 0 aliphatic heterocycles. The molecule has 3 heteroatoms. The van der Waals surface area contributed by atoms with Gasteiger partial charge in [-0.25, -0.2) is 0 Å². The predicted octanol–water partition coefficient (Wildman–Crippen LogP) is 3.25. The molecule has 2 aromatic rings. The average molecular weight is 227 g/mol. The van der Waals surface area contributed by atoms with Gasteiger partial charge in [0.25, 0.3) is 0 Å². The van der Waals surface area contributed by atoms with E-state index in [1.165, 1.54) is 0 Å². The molecule has 0 aliphatic carbocycles. The number of methoxy groups -OCH3 is 1. The number of para-hydroxylation sites is 1. The molecule has 0 saturated carbocycles. The molecule has 0 fully saturated rings. The van der Waals surface area contributed by atoms with E-state index in [-0.39, 0.29) is 0 Å². The standard InChI is InChI=1S/C14H13NO2/c1-17-13-8-7-11(10-16)14(9-13)15-12-5-3-2-4-6-12/h2-10,15H,1H3. The van der Waals surface area contributed by atoms with Gasteiger partial charge in [-0.05, 0) is 24.3 Å². The van der Waals surface area contributed by atoms with Crippen molar-refractivity contribution >= 4 is 17.7 Å². The van der Waals surface area contributed by atoms with Crippen molar-refractivity contribution in [2.45, 2.75) is 0 Å². The van der Waals surface area contributed by atoms with Crippen LogP contribution in [0.4, 0.5) is 11.4 Å². The zero-order chi connectivity index (χ0) is 12.1. The van der Waals surface area contributed by atoms with Gasteiger partial charge < -0.3 is 10.1 Å². The molecule has 1 N–H and O–H groups in total. The molecule has 0 amide bonds. The molecule has 0 spiro atoms. The molecule has 2 aromatic carbocycles. The van der Waals surface area contributed by atoms with E-state index >= 15 is 0 Å². The smallest absolute Gasteiger partial charge is 0.152 e. The number of ether oxygens (including phenoxy) is 1.